The number of aliphatic carboxylic acids is 1. The smallest absolute Gasteiger partial charge is 0.305 e. The second-order valence-electron chi connectivity index (χ2n) is 4.58. The van der Waals surface area contributed by atoms with Crippen molar-refractivity contribution < 1.29 is 14.7 Å². The van der Waals surface area contributed by atoms with Crippen molar-refractivity contribution in [2.45, 2.75) is 18.9 Å². The van der Waals surface area contributed by atoms with Crippen LogP contribution in [0.4, 0.5) is 0 Å². The maximum absolute atomic E-state index is 12.3. The van der Waals surface area contributed by atoms with Gasteiger partial charge in [0.05, 0.1) is 18.9 Å². The molecule has 1 heterocycles. The molecule has 1 aromatic rings. The number of carbonyl (C=O) groups is 2. The van der Waals surface area contributed by atoms with E-state index in [-0.39, 0.29) is 18.4 Å². The van der Waals surface area contributed by atoms with Crippen LogP contribution in [-0.4, -0.2) is 46.0 Å². The zero-order valence-electron chi connectivity index (χ0n) is 10.6. The third-order valence-corrected chi connectivity index (χ3v) is 4.25. The third-order valence-electron chi connectivity index (χ3n) is 3.16. The molecule has 1 aromatic carbocycles. The van der Waals surface area contributed by atoms with Crippen LogP contribution in [0.5, 0.6) is 0 Å². The SMILES string of the molecule is O=C(O)CC1CSCCN1C(=O)Cc1ccccc1. The molecule has 1 unspecified atom stereocenters. The van der Waals surface area contributed by atoms with Gasteiger partial charge in [-0.1, -0.05) is 30.3 Å². The highest BCUT2D eigenvalue weighted by molar-refractivity contribution is 7.99. The van der Waals surface area contributed by atoms with Crippen LogP contribution in [0.1, 0.15) is 12.0 Å². The highest BCUT2D eigenvalue weighted by atomic mass is 32.2. The first-order valence-electron chi connectivity index (χ1n) is 6.30. The summed E-state index contributed by atoms with van der Waals surface area (Å²) in [5, 5.41) is 8.91. The molecule has 19 heavy (non-hydrogen) atoms. The van der Waals surface area contributed by atoms with Gasteiger partial charge in [0.15, 0.2) is 0 Å². The Morgan fingerprint density at radius 2 is 2.05 bits per heavy atom. The monoisotopic (exact) mass is 279 g/mol. The summed E-state index contributed by atoms with van der Waals surface area (Å²) in [6.07, 6.45) is 0.384. The zero-order valence-corrected chi connectivity index (χ0v) is 11.4. The van der Waals surface area contributed by atoms with Gasteiger partial charge in [0, 0.05) is 18.1 Å². The lowest BCUT2D eigenvalue weighted by Crippen LogP contribution is -2.47. The molecule has 2 rings (SSSR count). The minimum Gasteiger partial charge on any atom is -0.481 e. The molecule has 0 aliphatic carbocycles. The fourth-order valence-corrected chi connectivity index (χ4v) is 3.29. The van der Waals surface area contributed by atoms with Gasteiger partial charge in [0.2, 0.25) is 5.91 Å². The van der Waals surface area contributed by atoms with Crippen molar-refractivity contribution >= 4 is 23.6 Å². The Kier molecular flexibility index (Phi) is 4.85. The average Bonchev–Trinajstić information content (AvgIpc) is 2.39. The number of nitrogens with zero attached hydrogens (tertiary/aromatic N) is 1. The van der Waals surface area contributed by atoms with Crippen LogP contribution in [0.2, 0.25) is 0 Å². The first kappa shape index (κ1) is 13.9. The van der Waals surface area contributed by atoms with Crippen LogP contribution in [0.3, 0.4) is 0 Å². The first-order valence-corrected chi connectivity index (χ1v) is 7.45. The first-order chi connectivity index (χ1) is 9.16. The van der Waals surface area contributed by atoms with Gasteiger partial charge in [0.25, 0.3) is 0 Å². The summed E-state index contributed by atoms with van der Waals surface area (Å²) >= 11 is 1.72. The van der Waals surface area contributed by atoms with Gasteiger partial charge in [0.1, 0.15) is 0 Å². The quantitative estimate of drug-likeness (QED) is 0.910. The Morgan fingerprint density at radius 1 is 1.32 bits per heavy atom. The zero-order chi connectivity index (χ0) is 13.7. The number of hydrogen-bond donors (Lipinski definition) is 1. The van der Waals surface area contributed by atoms with Crippen LogP contribution >= 0.6 is 11.8 Å². The Balaban J connectivity index is 2.01. The highest BCUT2D eigenvalue weighted by Crippen LogP contribution is 2.20. The van der Waals surface area contributed by atoms with Crippen molar-refractivity contribution in [2.24, 2.45) is 0 Å². The summed E-state index contributed by atoms with van der Waals surface area (Å²) < 4.78 is 0. The molecule has 0 aromatic heterocycles. The molecule has 1 amide bonds. The van der Waals surface area contributed by atoms with Gasteiger partial charge < -0.3 is 10.0 Å². The minimum absolute atomic E-state index is 0.0257. The number of rotatable bonds is 4. The van der Waals surface area contributed by atoms with Gasteiger partial charge in [-0.15, -0.1) is 0 Å². The lowest BCUT2D eigenvalue weighted by Gasteiger charge is -2.34. The van der Waals surface area contributed by atoms with Gasteiger partial charge in [-0.3, -0.25) is 9.59 Å². The van der Waals surface area contributed by atoms with E-state index in [9.17, 15) is 9.59 Å². The summed E-state index contributed by atoms with van der Waals surface area (Å²) in [6.45, 7) is 0.647. The average molecular weight is 279 g/mol. The molecule has 1 atom stereocenters. The van der Waals surface area contributed by atoms with Gasteiger partial charge >= 0.3 is 5.97 Å². The van der Waals surface area contributed by atoms with E-state index in [0.717, 1.165) is 11.3 Å². The molecule has 1 saturated heterocycles. The van der Waals surface area contributed by atoms with Gasteiger partial charge in [-0.2, -0.15) is 11.8 Å². The number of carbonyl (C=O) groups excluding carboxylic acids is 1. The van der Waals surface area contributed by atoms with Crippen LogP contribution in [0.25, 0.3) is 0 Å². The molecule has 0 radical (unpaired) electrons. The molecular weight excluding hydrogens is 262 g/mol. The molecule has 1 aliphatic rings. The minimum atomic E-state index is -0.843. The standard InChI is InChI=1S/C14H17NO3S/c16-13(8-11-4-2-1-3-5-11)15-6-7-19-10-12(15)9-14(17)18/h1-5,12H,6-10H2,(H,17,18). The van der Waals surface area contributed by atoms with E-state index in [4.69, 9.17) is 5.11 Å². The van der Waals surface area contributed by atoms with Crippen molar-refractivity contribution in [2.75, 3.05) is 18.1 Å². The number of carboxylic acid groups (broad SMARTS) is 1. The van der Waals surface area contributed by atoms with E-state index < -0.39 is 5.97 Å². The summed E-state index contributed by atoms with van der Waals surface area (Å²) in [6, 6.07) is 9.39. The Morgan fingerprint density at radius 3 is 2.74 bits per heavy atom. The topological polar surface area (TPSA) is 57.6 Å². The van der Waals surface area contributed by atoms with Crippen LogP contribution in [0, 0.1) is 0 Å². The van der Waals surface area contributed by atoms with Crippen molar-refractivity contribution in [1.82, 2.24) is 4.90 Å². The van der Waals surface area contributed by atoms with E-state index in [1.807, 2.05) is 30.3 Å². The number of hydrogen-bond acceptors (Lipinski definition) is 3. The second-order valence-corrected chi connectivity index (χ2v) is 5.73. The number of benzene rings is 1. The lowest BCUT2D eigenvalue weighted by atomic mass is 10.1. The number of thioether (sulfide) groups is 1. The molecule has 1 fully saturated rings. The molecule has 0 saturated carbocycles. The molecule has 4 nitrogen and oxygen atoms in total. The maximum atomic E-state index is 12.3. The second kappa shape index (κ2) is 6.61. The van der Waals surface area contributed by atoms with E-state index >= 15 is 0 Å². The summed E-state index contributed by atoms with van der Waals surface area (Å²) in [5.74, 6) is 0.784. The maximum Gasteiger partial charge on any atom is 0.305 e. The molecule has 102 valence electrons. The summed E-state index contributed by atoms with van der Waals surface area (Å²) in [7, 11) is 0. The predicted octanol–water partition coefficient (Wildman–Crippen LogP) is 1.65. The Hall–Kier alpha value is -1.49. The predicted molar refractivity (Wildman–Crippen MR) is 75.2 cm³/mol. The van der Waals surface area contributed by atoms with Gasteiger partial charge in [-0.05, 0) is 5.56 Å². The number of carboxylic acids is 1. The van der Waals surface area contributed by atoms with Gasteiger partial charge in [-0.25, -0.2) is 0 Å². The fraction of sp³-hybridized carbons (Fsp3) is 0.429. The van der Waals surface area contributed by atoms with Crippen LogP contribution in [-0.2, 0) is 16.0 Å². The molecule has 0 spiro atoms. The van der Waals surface area contributed by atoms with E-state index in [1.165, 1.54) is 0 Å². The van der Waals surface area contributed by atoms with Crippen molar-refractivity contribution in [3.05, 3.63) is 35.9 Å². The fourth-order valence-electron chi connectivity index (χ4n) is 2.23. The summed E-state index contributed by atoms with van der Waals surface area (Å²) in [4.78, 5) is 24.9. The lowest BCUT2D eigenvalue weighted by molar-refractivity contribution is -0.140. The van der Waals surface area contributed by atoms with E-state index in [0.29, 0.717) is 18.7 Å². The third kappa shape index (κ3) is 3.99. The van der Waals surface area contributed by atoms with E-state index in [2.05, 4.69) is 0 Å². The van der Waals surface area contributed by atoms with Crippen LogP contribution < -0.4 is 0 Å². The molecular formula is C14H17NO3S. The largest absolute Gasteiger partial charge is 0.481 e. The molecule has 0 bridgehead atoms. The van der Waals surface area contributed by atoms with Crippen molar-refractivity contribution in [3.8, 4) is 0 Å². The normalized spacial score (nSPS) is 19.2. The Labute approximate surface area is 116 Å². The molecule has 1 aliphatic heterocycles. The summed E-state index contributed by atoms with van der Waals surface area (Å²) in [5.41, 5.74) is 0.972. The van der Waals surface area contributed by atoms with Crippen molar-refractivity contribution in [1.29, 1.82) is 0 Å². The Bertz CT molecular complexity index is 449. The molecule has 1 N–H and O–H groups in total. The van der Waals surface area contributed by atoms with Crippen LogP contribution in [0.15, 0.2) is 30.3 Å². The van der Waals surface area contributed by atoms with E-state index in [1.54, 1.807) is 16.7 Å². The highest BCUT2D eigenvalue weighted by Gasteiger charge is 2.28. The number of amides is 1. The molecule has 5 heteroatoms. The van der Waals surface area contributed by atoms with Crippen molar-refractivity contribution in [3.63, 3.8) is 0 Å².